The molecule has 7 heteroatoms. The minimum Gasteiger partial charge on any atom is -0.478 e. The Morgan fingerprint density at radius 2 is 1.67 bits per heavy atom. The highest BCUT2D eigenvalue weighted by Crippen LogP contribution is 2.14. The van der Waals surface area contributed by atoms with Crippen LogP contribution in [0.25, 0.3) is 0 Å². The van der Waals surface area contributed by atoms with Gasteiger partial charge in [-0.3, -0.25) is 14.4 Å². The molecule has 0 atom stereocenters. The standard InChI is InChI=1S/C17H19N3O4/c1-11-17(15(22)8-9-20(11)3)24-10-16(23)19-14-6-4-13(5-7-14)18-12(2)21/h4-9H,10H2,1-3H3,(H,18,21)(H,19,23). The number of nitrogens with one attached hydrogen (secondary N) is 2. The number of pyridine rings is 1. The molecule has 1 aromatic carbocycles. The molecule has 0 aliphatic carbocycles. The van der Waals surface area contributed by atoms with E-state index in [9.17, 15) is 14.4 Å². The Balaban J connectivity index is 1.95. The Bertz CT molecular complexity index is 810. The molecule has 0 spiro atoms. The molecule has 2 N–H and O–H groups in total. The van der Waals surface area contributed by atoms with Crippen molar-refractivity contribution in [1.82, 2.24) is 4.57 Å². The van der Waals surface area contributed by atoms with Crippen LogP contribution in [0.3, 0.4) is 0 Å². The zero-order valence-electron chi connectivity index (χ0n) is 13.8. The van der Waals surface area contributed by atoms with Crippen molar-refractivity contribution in [3.63, 3.8) is 0 Å². The third-order valence-corrected chi connectivity index (χ3v) is 3.37. The van der Waals surface area contributed by atoms with Crippen LogP contribution in [0.1, 0.15) is 12.6 Å². The van der Waals surface area contributed by atoms with Gasteiger partial charge in [-0.15, -0.1) is 0 Å². The van der Waals surface area contributed by atoms with Gasteiger partial charge in [0.15, 0.2) is 12.4 Å². The van der Waals surface area contributed by atoms with Gasteiger partial charge in [0.2, 0.25) is 11.3 Å². The number of hydrogen-bond acceptors (Lipinski definition) is 4. The third kappa shape index (κ3) is 4.45. The predicted molar refractivity (Wildman–Crippen MR) is 91.3 cm³/mol. The number of aromatic nitrogens is 1. The van der Waals surface area contributed by atoms with Gasteiger partial charge in [0.25, 0.3) is 5.91 Å². The van der Waals surface area contributed by atoms with Crippen molar-refractivity contribution in [2.75, 3.05) is 17.2 Å². The maximum absolute atomic E-state index is 11.9. The third-order valence-electron chi connectivity index (χ3n) is 3.37. The van der Waals surface area contributed by atoms with Crippen molar-refractivity contribution < 1.29 is 14.3 Å². The molecule has 1 aromatic heterocycles. The summed E-state index contributed by atoms with van der Waals surface area (Å²) in [6.07, 6.45) is 1.64. The summed E-state index contributed by atoms with van der Waals surface area (Å²) in [5, 5.41) is 5.30. The summed E-state index contributed by atoms with van der Waals surface area (Å²) in [5.41, 5.74) is 1.59. The molecule has 24 heavy (non-hydrogen) atoms. The fourth-order valence-corrected chi connectivity index (χ4v) is 2.06. The lowest BCUT2D eigenvalue weighted by Gasteiger charge is -2.11. The van der Waals surface area contributed by atoms with Gasteiger partial charge in [-0.25, -0.2) is 0 Å². The predicted octanol–water partition coefficient (Wildman–Crippen LogP) is 1.67. The van der Waals surface area contributed by atoms with Crippen molar-refractivity contribution in [2.24, 2.45) is 7.05 Å². The quantitative estimate of drug-likeness (QED) is 0.873. The van der Waals surface area contributed by atoms with Crippen LogP contribution in [0.15, 0.2) is 41.3 Å². The normalized spacial score (nSPS) is 10.1. The van der Waals surface area contributed by atoms with E-state index in [1.54, 1.807) is 49.0 Å². The number of amides is 2. The van der Waals surface area contributed by atoms with Crippen molar-refractivity contribution in [1.29, 1.82) is 0 Å². The molecule has 0 aliphatic rings. The van der Waals surface area contributed by atoms with Crippen LogP contribution in [0, 0.1) is 6.92 Å². The van der Waals surface area contributed by atoms with Crippen LogP contribution < -0.4 is 20.8 Å². The van der Waals surface area contributed by atoms with Crippen LogP contribution >= 0.6 is 0 Å². The molecule has 1 heterocycles. The molecular weight excluding hydrogens is 310 g/mol. The number of anilines is 2. The van der Waals surface area contributed by atoms with Crippen LogP contribution in [0.4, 0.5) is 11.4 Å². The molecule has 0 unspecified atom stereocenters. The maximum atomic E-state index is 11.9. The molecule has 0 fully saturated rings. The average Bonchev–Trinajstić information content (AvgIpc) is 2.52. The second-order valence-corrected chi connectivity index (χ2v) is 5.30. The monoisotopic (exact) mass is 329 g/mol. The van der Waals surface area contributed by atoms with Crippen molar-refractivity contribution in [3.05, 3.63) is 52.4 Å². The van der Waals surface area contributed by atoms with Gasteiger partial charge in [-0.1, -0.05) is 0 Å². The number of carbonyl (C=O) groups is 2. The zero-order chi connectivity index (χ0) is 17.7. The molecule has 2 amide bonds. The second kappa shape index (κ2) is 7.45. The molecule has 0 bridgehead atoms. The Morgan fingerprint density at radius 3 is 2.25 bits per heavy atom. The van der Waals surface area contributed by atoms with E-state index in [-0.39, 0.29) is 29.6 Å². The van der Waals surface area contributed by atoms with E-state index in [0.717, 1.165) is 0 Å². The molecule has 0 aliphatic heterocycles. The van der Waals surface area contributed by atoms with E-state index in [1.165, 1.54) is 13.0 Å². The van der Waals surface area contributed by atoms with Crippen LogP contribution in [0.2, 0.25) is 0 Å². The van der Waals surface area contributed by atoms with E-state index in [0.29, 0.717) is 17.1 Å². The number of rotatable bonds is 5. The largest absolute Gasteiger partial charge is 0.478 e. The van der Waals surface area contributed by atoms with Gasteiger partial charge >= 0.3 is 0 Å². The zero-order valence-corrected chi connectivity index (χ0v) is 13.8. The highest BCUT2D eigenvalue weighted by Gasteiger charge is 2.10. The van der Waals surface area contributed by atoms with E-state index in [2.05, 4.69) is 10.6 Å². The summed E-state index contributed by atoms with van der Waals surface area (Å²) in [6, 6.07) is 8.07. The Hall–Kier alpha value is -3.09. The Morgan fingerprint density at radius 1 is 1.08 bits per heavy atom. The molecule has 2 aromatic rings. The highest BCUT2D eigenvalue weighted by molar-refractivity contribution is 5.93. The molecule has 126 valence electrons. The average molecular weight is 329 g/mol. The van der Waals surface area contributed by atoms with Gasteiger partial charge in [-0.05, 0) is 31.2 Å². The van der Waals surface area contributed by atoms with Gasteiger partial charge in [0.05, 0.1) is 5.69 Å². The molecule has 2 rings (SSSR count). The first-order valence-corrected chi connectivity index (χ1v) is 7.33. The fraction of sp³-hybridized carbons (Fsp3) is 0.235. The fourth-order valence-electron chi connectivity index (χ4n) is 2.06. The SMILES string of the molecule is CC(=O)Nc1ccc(NC(=O)COc2c(C)n(C)ccc2=O)cc1. The van der Waals surface area contributed by atoms with Gasteiger partial charge in [0, 0.05) is 37.6 Å². The number of aryl methyl sites for hydroxylation is 1. The summed E-state index contributed by atoms with van der Waals surface area (Å²) in [4.78, 5) is 34.7. The van der Waals surface area contributed by atoms with Gasteiger partial charge in [-0.2, -0.15) is 0 Å². The summed E-state index contributed by atoms with van der Waals surface area (Å²) >= 11 is 0. The number of benzene rings is 1. The van der Waals surface area contributed by atoms with Crippen molar-refractivity contribution >= 4 is 23.2 Å². The van der Waals surface area contributed by atoms with Crippen molar-refractivity contribution in [3.8, 4) is 5.75 Å². The van der Waals surface area contributed by atoms with Gasteiger partial charge in [0.1, 0.15) is 0 Å². The minimum absolute atomic E-state index is 0.163. The second-order valence-electron chi connectivity index (χ2n) is 5.30. The first-order chi connectivity index (χ1) is 11.4. The number of ether oxygens (including phenoxy) is 1. The number of carbonyl (C=O) groups excluding carboxylic acids is 2. The Kier molecular flexibility index (Phi) is 5.36. The van der Waals surface area contributed by atoms with Crippen LogP contribution in [-0.2, 0) is 16.6 Å². The molecule has 7 nitrogen and oxygen atoms in total. The molecule has 0 saturated carbocycles. The number of hydrogen-bond donors (Lipinski definition) is 2. The molecule has 0 radical (unpaired) electrons. The molecule has 0 saturated heterocycles. The summed E-state index contributed by atoms with van der Waals surface area (Å²) in [6.45, 7) is 2.89. The van der Waals surface area contributed by atoms with Crippen molar-refractivity contribution in [2.45, 2.75) is 13.8 Å². The highest BCUT2D eigenvalue weighted by atomic mass is 16.5. The topological polar surface area (TPSA) is 89.4 Å². The summed E-state index contributed by atoms with van der Waals surface area (Å²) < 4.78 is 7.10. The lowest BCUT2D eigenvalue weighted by Crippen LogP contribution is -2.23. The minimum atomic E-state index is -0.382. The Labute approximate surface area is 139 Å². The van der Waals surface area contributed by atoms with E-state index >= 15 is 0 Å². The van der Waals surface area contributed by atoms with E-state index < -0.39 is 0 Å². The maximum Gasteiger partial charge on any atom is 0.262 e. The summed E-state index contributed by atoms with van der Waals surface area (Å²) in [5.74, 6) is -0.385. The molecular formula is C17H19N3O4. The van der Waals surface area contributed by atoms with E-state index in [4.69, 9.17) is 4.74 Å². The summed E-state index contributed by atoms with van der Waals surface area (Å²) in [7, 11) is 1.79. The number of nitrogens with zero attached hydrogens (tertiary/aromatic N) is 1. The van der Waals surface area contributed by atoms with Crippen LogP contribution in [0.5, 0.6) is 5.75 Å². The first-order valence-electron chi connectivity index (χ1n) is 7.33. The lowest BCUT2D eigenvalue weighted by molar-refractivity contribution is -0.118. The lowest BCUT2D eigenvalue weighted by atomic mass is 10.2. The smallest absolute Gasteiger partial charge is 0.262 e. The first kappa shape index (κ1) is 17.3. The van der Waals surface area contributed by atoms with Crippen LogP contribution in [-0.4, -0.2) is 23.0 Å². The van der Waals surface area contributed by atoms with Gasteiger partial charge < -0.3 is 19.9 Å². The van der Waals surface area contributed by atoms with E-state index in [1.807, 2.05) is 0 Å².